The van der Waals surface area contributed by atoms with Crippen molar-refractivity contribution in [3.8, 4) is 5.75 Å². The monoisotopic (exact) mass is 360 g/mol. The molecule has 3 nitrogen and oxygen atoms in total. The maximum atomic E-state index is 12.8. The van der Waals surface area contributed by atoms with Gasteiger partial charge in [-0.3, -0.25) is 0 Å². The van der Waals surface area contributed by atoms with Crippen molar-refractivity contribution in [2.75, 3.05) is 0 Å². The van der Waals surface area contributed by atoms with Gasteiger partial charge in [-0.1, -0.05) is 39.8 Å². The zero-order valence-corrected chi connectivity index (χ0v) is 16.8. The molecule has 0 amide bonds. The van der Waals surface area contributed by atoms with Crippen LogP contribution in [0.4, 0.5) is 0 Å². The van der Waals surface area contributed by atoms with Crippen LogP contribution in [0.3, 0.4) is 0 Å². The van der Waals surface area contributed by atoms with Gasteiger partial charge in [0.15, 0.2) is 0 Å². The highest BCUT2D eigenvalue weighted by atomic mass is 32.2. The molecule has 0 N–H and O–H groups in total. The summed E-state index contributed by atoms with van der Waals surface area (Å²) in [4.78, 5) is 0.584. The van der Waals surface area contributed by atoms with E-state index in [2.05, 4.69) is 27.7 Å². The van der Waals surface area contributed by atoms with Gasteiger partial charge in [0.25, 0.3) is 0 Å². The van der Waals surface area contributed by atoms with Crippen LogP contribution < -0.4 is 4.74 Å². The molecule has 0 atom stereocenters. The smallest absolute Gasteiger partial charge is 0.206 e. The second-order valence-corrected chi connectivity index (χ2v) is 9.91. The van der Waals surface area contributed by atoms with E-state index in [1.54, 1.807) is 36.4 Å². The molecule has 25 heavy (non-hydrogen) atoms. The Morgan fingerprint density at radius 1 is 0.800 bits per heavy atom. The van der Waals surface area contributed by atoms with E-state index in [4.69, 9.17) is 4.74 Å². The Morgan fingerprint density at radius 2 is 1.24 bits per heavy atom. The fraction of sp³-hybridized carbons (Fsp3) is 0.429. The fourth-order valence-corrected chi connectivity index (χ4v) is 3.61. The summed E-state index contributed by atoms with van der Waals surface area (Å²) < 4.78 is 31.5. The third kappa shape index (κ3) is 4.63. The van der Waals surface area contributed by atoms with Crippen molar-refractivity contribution in [2.24, 2.45) is 0 Å². The van der Waals surface area contributed by atoms with Gasteiger partial charge < -0.3 is 4.74 Å². The number of hydrogen-bond donors (Lipinski definition) is 0. The van der Waals surface area contributed by atoms with Gasteiger partial charge in [-0.15, -0.1) is 0 Å². The maximum Gasteiger partial charge on any atom is 0.206 e. The fourth-order valence-electron chi connectivity index (χ4n) is 2.35. The van der Waals surface area contributed by atoms with E-state index in [1.165, 1.54) is 0 Å². The topological polar surface area (TPSA) is 43.4 Å². The highest BCUT2D eigenvalue weighted by Crippen LogP contribution is 2.28. The summed E-state index contributed by atoms with van der Waals surface area (Å²) in [5.41, 5.74) is 0.827. The standard InChI is InChI=1S/C21H28O3S/c1-7-21(5,6)24-17-10-14-19(15-11-17)25(22,23)18-12-8-16(9-13-18)20(2,3)4/h8-15H,7H2,1-6H3. The highest BCUT2D eigenvalue weighted by Gasteiger charge is 2.21. The molecule has 2 aromatic carbocycles. The van der Waals surface area contributed by atoms with Crippen LogP contribution in [0.25, 0.3) is 0 Å². The largest absolute Gasteiger partial charge is 0.488 e. The predicted octanol–water partition coefficient (Wildman–Crippen LogP) is 5.38. The Labute approximate surface area is 152 Å². The summed E-state index contributed by atoms with van der Waals surface area (Å²) in [5.74, 6) is 0.675. The van der Waals surface area contributed by atoms with Crippen molar-refractivity contribution in [1.82, 2.24) is 0 Å². The maximum absolute atomic E-state index is 12.8. The van der Waals surface area contributed by atoms with Crippen LogP contribution in [-0.2, 0) is 15.3 Å². The molecule has 0 spiro atoms. The Balaban J connectivity index is 2.28. The molecule has 0 saturated carbocycles. The van der Waals surface area contributed by atoms with Crippen molar-refractivity contribution in [3.63, 3.8) is 0 Å². The molecule has 0 aromatic heterocycles. The molecule has 0 aliphatic heterocycles. The Hall–Kier alpha value is -1.81. The van der Waals surface area contributed by atoms with E-state index in [9.17, 15) is 8.42 Å². The van der Waals surface area contributed by atoms with Crippen LogP contribution in [-0.4, -0.2) is 14.0 Å². The molecule has 0 fully saturated rings. The minimum absolute atomic E-state index is 0.00659. The molecule has 0 radical (unpaired) electrons. The highest BCUT2D eigenvalue weighted by molar-refractivity contribution is 7.91. The first-order chi connectivity index (χ1) is 11.5. The number of rotatable bonds is 5. The van der Waals surface area contributed by atoms with Gasteiger partial charge in [-0.25, -0.2) is 8.42 Å². The van der Waals surface area contributed by atoms with Crippen LogP contribution in [0.1, 0.15) is 53.5 Å². The van der Waals surface area contributed by atoms with Crippen molar-refractivity contribution in [2.45, 2.75) is 68.8 Å². The van der Waals surface area contributed by atoms with E-state index in [0.717, 1.165) is 12.0 Å². The molecule has 2 rings (SSSR count). The second-order valence-electron chi connectivity index (χ2n) is 7.96. The first-order valence-electron chi connectivity index (χ1n) is 8.60. The van der Waals surface area contributed by atoms with Crippen molar-refractivity contribution in [1.29, 1.82) is 0 Å². The lowest BCUT2D eigenvalue weighted by molar-refractivity contribution is 0.105. The van der Waals surface area contributed by atoms with E-state index in [-0.39, 0.29) is 15.9 Å². The van der Waals surface area contributed by atoms with Gasteiger partial charge >= 0.3 is 0 Å². The number of sulfone groups is 1. The summed E-state index contributed by atoms with van der Waals surface area (Å²) in [6, 6.07) is 13.8. The summed E-state index contributed by atoms with van der Waals surface area (Å²) >= 11 is 0. The lowest BCUT2D eigenvalue weighted by Gasteiger charge is -2.24. The molecule has 2 aromatic rings. The van der Waals surface area contributed by atoms with Gasteiger partial charge in [0.2, 0.25) is 9.84 Å². The second kappa shape index (κ2) is 6.83. The van der Waals surface area contributed by atoms with Gasteiger partial charge in [-0.2, -0.15) is 0 Å². The molecule has 0 saturated heterocycles. The minimum atomic E-state index is -3.52. The minimum Gasteiger partial charge on any atom is -0.488 e. The van der Waals surface area contributed by atoms with Gasteiger partial charge in [0.05, 0.1) is 9.79 Å². The average Bonchev–Trinajstić information content (AvgIpc) is 2.54. The molecule has 0 heterocycles. The zero-order chi connectivity index (χ0) is 18.9. The summed E-state index contributed by atoms with van der Waals surface area (Å²) in [5, 5.41) is 0. The Bertz CT molecular complexity index is 809. The molecule has 0 aliphatic rings. The molecule has 0 unspecified atom stereocenters. The normalized spacial score (nSPS) is 12.9. The summed E-state index contributed by atoms with van der Waals surface area (Å²) in [6.45, 7) is 12.4. The third-order valence-electron chi connectivity index (χ3n) is 4.41. The molecule has 4 heteroatoms. The first kappa shape index (κ1) is 19.5. The Kier molecular flexibility index (Phi) is 5.33. The number of hydrogen-bond acceptors (Lipinski definition) is 3. The first-order valence-corrected chi connectivity index (χ1v) is 10.1. The zero-order valence-electron chi connectivity index (χ0n) is 16.0. The number of ether oxygens (including phenoxy) is 1. The van der Waals surface area contributed by atoms with E-state index >= 15 is 0 Å². The Morgan fingerprint density at radius 3 is 1.64 bits per heavy atom. The van der Waals surface area contributed by atoms with Crippen LogP contribution >= 0.6 is 0 Å². The van der Waals surface area contributed by atoms with Crippen molar-refractivity contribution in [3.05, 3.63) is 54.1 Å². The molecular formula is C21H28O3S. The third-order valence-corrected chi connectivity index (χ3v) is 6.20. The lowest BCUT2D eigenvalue weighted by atomic mass is 9.87. The van der Waals surface area contributed by atoms with Crippen LogP contribution in [0.2, 0.25) is 0 Å². The summed E-state index contributed by atoms with van der Waals surface area (Å²) in [6.07, 6.45) is 0.868. The predicted molar refractivity (Wildman–Crippen MR) is 102 cm³/mol. The SMILES string of the molecule is CCC(C)(C)Oc1ccc(S(=O)(=O)c2ccc(C(C)(C)C)cc2)cc1. The van der Waals surface area contributed by atoms with Gasteiger partial charge in [-0.05, 0) is 67.6 Å². The van der Waals surface area contributed by atoms with E-state index < -0.39 is 9.84 Å². The number of benzene rings is 2. The van der Waals surface area contributed by atoms with E-state index in [1.807, 2.05) is 26.0 Å². The molecule has 0 aliphatic carbocycles. The van der Waals surface area contributed by atoms with Crippen molar-refractivity contribution < 1.29 is 13.2 Å². The average molecular weight is 361 g/mol. The summed E-state index contributed by atoms with van der Waals surface area (Å²) in [7, 11) is -3.52. The lowest BCUT2D eigenvalue weighted by Crippen LogP contribution is -2.26. The molecule has 0 bridgehead atoms. The van der Waals surface area contributed by atoms with Gasteiger partial charge in [0.1, 0.15) is 11.4 Å². The molecule has 136 valence electrons. The van der Waals surface area contributed by atoms with Crippen LogP contribution in [0, 0.1) is 0 Å². The van der Waals surface area contributed by atoms with E-state index in [0.29, 0.717) is 10.6 Å². The van der Waals surface area contributed by atoms with Crippen LogP contribution in [0.15, 0.2) is 58.3 Å². The van der Waals surface area contributed by atoms with Crippen molar-refractivity contribution >= 4 is 9.84 Å². The van der Waals surface area contributed by atoms with Crippen LogP contribution in [0.5, 0.6) is 5.75 Å². The van der Waals surface area contributed by atoms with Gasteiger partial charge in [0, 0.05) is 0 Å². The quantitative estimate of drug-likeness (QED) is 0.718. The molecular weight excluding hydrogens is 332 g/mol.